The second kappa shape index (κ2) is 6.93. The van der Waals surface area contributed by atoms with Gasteiger partial charge in [0, 0.05) is 5.56 Å². The number of hydrogen-bond acceptors (Lipinski definition) is 1. The lowest BCUT2D eigenvalue weighted by molar-refractivity contribution is 0.0943. The largest absolute Gasteiger partial charge is 0.341 e. The highest BCUT2D eigenvalue weighted by Gasteiger charge is 2.18. The van der Waals surface area contributed by atoms with E-state index in [1.165, 1.54) is 0 Å². The van der Waals surface area contributed by atoms with E-state index in [1.54, 1.807) is 0 Å². The minimum atomic E-state index is -0.162. The summed E-state index contributed by atoms with van der Waals surface area (Å²) in [6, 6.07) is 27.4. The van der Waals surface area contributed by atoms with Gasteiger partial charge in [-0.05, 0) is 35.7 Å². The van der Waals surface area contributed by atoms with Crippen molar-refractivity contribution in [3.63, 3.8) is 0 Å². The number of aryl methyl sites for hydroxylation is 1. The summed E-state index contributed by atoms with van der Waals surface area (Å²) in [5.41, 5.74) is 4.02. The summed E-state index contributed by atoms with van der Waals surface area (Å²) in [5, 5.41) is 3.17. The number of rotatable bonds is 4. The van der Waals surface area contributed by atoms with Crippen molar-refractivity contribution in [3.8, 4) is 0 Å². The van der Waals surface area contributed by atoms with Crippen LogP contribution in [0.2, 0.25) is 0 Å². The average Bonchev–Trinajstić information content (AvgIpc) is 2.62. The first-order valence-electron chi connectivity index (χ1n) is 7.72. The van der Waals surface area contributed by atoms with Crippen molar-refractivity contribution in [2.75, 3.05) is 0 Å². The van der Waals surface area contributed by atoms with Crippen LogP contribution in [0.25, 0.3) is 0 Å². The molecule has 0 saturated heterocycles. The molecule has 3 aromatic carbocycles. The Morgan fingerprint density at radius 3 is 2.00 bits per heavy atom. The molecule has 1 amide bonds. The van der Waals surface area contributed by atoms with Crippen LogP contribution in [0.1, 0.15) is 33.1 Å². The van der Waals surface area contributed by atoms with Gasteiger partial charge in [-0.3, -0.25) is 4.79 Å². The number of carbonyl (C=O) groups excluding carboxylic acids is 1. The molecule has 0 aromatic heterocycles. The van der Waals surface area contributed by atoms with Crippen molar-refractivity contribution >= 4 is 5.91 Å². The first-order chi connectivity index (χ1) is 11.3. The molecule has 23 heavy (non-hydrogen) atoms. The van der Waals surface area contributed by atoms with E-state index in [0.29, 0.717) is 5.56 Å². The van der Waals surface area contributed by atoms with Crippen LogP contribution < -0.4 is 5.32 Å². The minimum Gasteiger partial charge on any atom is -0.341 e. The molecule has 2 heteroatoms. The smallest absolute Gasteiger partial charge is 0.252 e. The van der Waals surface area contributed by atoms with Crippen molar-refractivity contribution in [2.45, 2.75) is 13.0 Å². The van der Waals surface area contributed by atoms with E-state index in [2.05, 4.69) is 24.4 Å². The molecule has 3 rings (SSSR count). The summed E-state index contributed by atoms with van der Waals surface area (Å²) in [6.07, 6.45) is 0. The lowest BCUT2D eigenvalue weighted by Crippen LogP contribution is -2.29. The molecular formula is C21H19NO. The Morgan fingerprint density at radius 2 is 1.35 bits per heavy atom. The van der Waals surface area contributed by atoms with Crippen LogP contribution in [0, 0.1) is 6.92 Å². The Hall–Kier alpha value is -2.87. The van der Waals surface area contributed by atoms with Gasteiger partial charge in [0.1, 0.15) is 0 Å². The monoisotopic (exact) mass is 301 g/mol. The third kappa shape index (κ3) is 3.49. The van der Waals surface area contributed by atoms with Crippen molar-refractivity contribution < 1.29 is 4.79 Å². The summed E-state index contributed by atoms with van der Waals surface area (Å²) >= 11 is 0. The third-order valence-electron chi connectivity index (χ3n) is 3.94. The maximum atomic E-state index is 12.6. The minimum absolute atomic E-state index is 0.0669. The van der Waals surface area contributed by atoms with Gasteiger partial charge in [0.15, 0.2) is 0 Å². The van der Waals surface area contributed by atoms with E-state index in [1.807, 2.05) is 72.8 Å². The summed E-state index contributed by atoms with van der Waals surface area (Å²) in [4.78, 5) is 12.6. The number of nitrogens with one attached hydrogen (secondary N) is 1. The molecule has 0 radical (unpaired) electrons. The third-order valence-corrected chi connectivity index (χ3v) is 3.94. The molecule has 0 bridgehead atoms. The maximum Gasteiger partial charge on any atom is 0.252 e. The summed E-state index contributed by atoms with van der Waals surface area (Å²) in [5.74, 6) is -0.0669. The fourth-order valence-electron chi connectivity index (χ4n) is 2.70. The van der Waals surface area contributed by atoms with E-state index in [0.717, 1.165) is 16.7 Å². The van der Waals surface area contributed by atoms with Gasteiger partial charge in [0.25, 0.3) is 5.91 Å². The predicted molar refractivity (Wildman–Crippen MR) is 93.4 cm³/mol. The zero-order valence-electron chi connectivity index (χ0n) is 13.1. The summed E-state index contributed by atoms with van der Waals surface area (Å²) < 4.78 is 0. The molecule has 1 atom stereocenters. The Morgan fingerprint density at radius 1 is 0.783 bits per heavy atom. The van der Waals surface area contributed by atoms with Crippen LogP contribution in [0.15, 0.2) is 84.9 Å². The standard InChI is InChI=1S/C21H19NO/c1-16-10-8-9-15-19(16)20(17-11-4-2-5-12-17)22-21(23)18-13-6-3-7-14-18/h2-15,20H,1H3,(H,22,23)/t20-/m0/s1. The quantitative estimate of drug-likeness (QED) is 0.754. The van der Waals surface area contributed by atoms with E-state index in [9.17, 15) is 4.79 Å². The SMILES string of the molecule is Cc1ccccc1[C@@H](NC(=O)c1ccccc1)c1ccccc1. The second-order valence-electron chi connectivity index (χ2n) is 5.54. The van der Waals surface area contributed by atoms with Gasteiger partial charge in [-0.2, -0.15) is 0 Å². The highest BCUT2D eigenvalue weighted by atomic mass is 16.1. The number of benzene rings is 3. The molecule has 0 aliphatic carbocycles. The van der Waals surface area contributed by atoms with Gasteiger partial charge in [-0.15, -0.1) is 0 Å². The van der Waals surface area contributed by atoms with Crippen molar-refractivity contribution in [3.05, 3.63) is 107 Å². The van der Waals surface area contributed by atoms with Gasteiger partial charge in [-0.25, -0.2) is 0 Å². The van der Waals surface area contributed by atoms with Gasteiger partial charge in [0.05, 0.1) is 6.04 Å². The zero-order chi connectivity index (χ0) is 16.1. The van der Waals surface area contributed by atoms with E-state index in [4.69, 9.17) is 0 Å². The Labute approximate surface area is 136 Å². The van der Waals surface area contributed by atoms with Gasteiger partial charge < -0.3 is 5.32 Å². The average molecular weight is 301 g/mol. The lowest BCUT2D eigenvalue weighted by atomic mass is 9.94. The first kappa shape index (κ1) is 15.0. The van der Waals surface area contributed by atoms with Crippen LogP contribution in [-0.2, 0) is 0 Å². The molecular weight excluding hydrogens is 282 g/mol. The van der Waals surface area contributed by atoms with Gasteiger partial charge >= 0.3 is 0 Å². The summed E-state index contributed by atoms with van der Waals surface area (Å²) in [7, 11) is 0. The molecule has 3 aromatic rings. The maximum absolute atomic E-state index is 12.6. The fraction of sp³-hybridized carbons (Fsp3) is 0.0952. The molecule has 0 saturated carbocycles. The molecule has 0 spiro atoms. The van der Waals surface area contributed by atoms with Crippen LogP contribution in [0.5, 0.6) is 0 Å². The van der Waals surface area contributed by atoms with Crippen molar-refractivity contribution in [2.24, 2.45) is 0 Å². The topological polar surface area (TPSA) is 29.1 Å². The highest BCUT2D eigenvalue weighted by Crippen LogP contribution is 2.25. The molecule has 0 heterocycles. The normalized spacial score (nSPS) is 11.7. The van der Waals surface area contributed by atoms with Crippen LogP contribution in [0.4, 0.5) is 0 Å². The Bertz CT molecular complexity index is 781. The Balaban J connectivity index is 1.97. The number of carbonyl (C=O) groups is 1. The molecule has 114 valence electrons. The number of hydrogen-bond donors (Lipinski definition) is 1. The molecule has 1 N–H and O–H groups in total. The van der Waals surface area contributed by atoms with Crippen LogP contribution >= 0.6 is 0 Å². The molecule has 0 fully saturated rings. The van der Waals surface area contributed by atoms with Crippen LogP contribution in [-0.4, -0.2) is 5.91 Å². The van der Waals surface area contributed by atoms with Crippen LogP contribution in [0.3, 0.4) is 0 Å². The molecule has 0 aliphatic heterocycles. The van der Waals surface area contributed by atoms with Gasteiger partial charge in [-0.1, -0.05) is 72.8 Å². The highest BCUT2D eigenvalue weighted by molar-refractivity contribution is 5.94. The van der Waals surface area contributed by atoms with E-state index < -0.39 is 0 Å². The first-order valence-corrected chi connectivity index (χ1v) is 7.72. The Kier molecular flexibility index (Phi) is 4.53. The fourth-order valence-corrected chi connectivity index (χ4v) is 2.70. The van der Waals surface area contributed by atoms with E-state index in [-0.39, 0.29) is 11.9 Å². The second-order valence-corrected chi connectivity index (χ2v) is 5.54. The zero-order valence-corrected chi connectivity index (χ0v) is 13.1. The summed E-state index contributed by atoms with van der Waals surface area (Å²) in [6.45, 7) is 2.07. The van der Waals surface area contributed by atoms with Crippen molar-refractivity contribution in [1.82, 2.24) is 5.32 Å². The number of amides is 1. The molecule has 0 unspecified atom stereocenters. The van der Waals surface area contributed by atoms with Gasteiger partial charge in [0.2, 0.25) is 0 Å². The predicted octanol–water partition coefficient (Wildman–Crippen LogP) is 4.51. The van der Waals surface area contributed by atoms with Crippen molar-refractivity contribution in [1.29, 1.82) is 0 Å². The van der Waals surface area contributed by atoms with E-state index >= 15 is 0 Å². The molecule has 2 nitrogen and oxygen atoms in total. The lowest BCUT2D eigenvalue weighted by Gasteiger charge is -2.21. The molecule has 0 aliphatic rings.